The molecule has 0 saturated heterocycles. The van der Waals surface area contributed by atoms with Gasteiger partial charge in [-0.15, -0.1) is 0 Å². The van der Waals surface area contributed by atoms with Gasteiger partial charge in [0.15, 0.2) is 0 Å². The molecule has 0 saturated carbocycles. The summed E-state index contributed by atoms with van der Waals surface area (Å²) in [6.45, 7) is 5.64. The SMILES string of the molecule is CC(C)(N)C(C)(CC(=O)O)c1ccc(I)cc1. The summed E-state index contributed by atoms with van der Waals surface area (Å²) in [6, 6.07) is 7.86. The molecule has 1 unspecified atom stereocenters. The van der Waals surface area contributed by atoms with Crippen LogP contribution in [-0.4, -0.2) is 16.6 Å². The molecule has 0 amide bonds. The first kappa shape index (κ1) is 14.4. The van der Waals surface area contributed by atoms with Crippen molar-refractivity contribution < 1.29 is 9.90 Å². The zero-order chi connectivity index (χ0) is 13.3. The first-order chi connectivity index (χ1) is 7.67. The van der Waals surface area contributed by atoms with Gasteiger partial charge in [0.05, 0.1) is 6.42 Å². The molecule has 1 atom stereocenters. The lowest BCUT2D eigenvalue weighted by Crippen LogP contribution is -2.53. The number of rotatable bonds is 4. The second-order valence-corrected chi connectivity index (χ2v) is 6.38. The molecule has 0 fully saturated rings. The predicted molar refractivity (Wildman–Crippen MR) is 77.0 cm³/mol. The number of carboxylic acid groups (broad SMARTS) is 1. The lowest BCUT2D eigenvalue weighted by atomic mass is 9.66. The Labute approximate surface area is 116 Å². The second-order valence-electron chi connectivity index (χ2n) is 5.13. The molecule has 94 valence electrons. The molecular formula is C13H18INO2. The standard InChI is InChI=1S/C13H18INO2/c1-12(2,15)13(3,8-11(16)17)9-4-6-10(14)7-5-9/h4-7H,8,15H2,1-3H3,(H,16,17). The van der Waals surface area contributed by atoms with Gasteiger partial charge in [-0.05, 0) is 54.1 Å². The van der Waals surface area contributed by atoms with Crippen molar-refractivity contribution in [1.82, 2.24) is 0 Å². The summed E-state index contributed by atoms with van der Waals surface area (Å²) in [5, 5.41) is 9.07. The minimum atomic E-state index is -0.829. The zero-order valence-electron chi connectivity index (χ0n) is 10.3. The lowest BCUT2D eigenvalue weighted by molar-refractivity contribution is -0.139. The normalized spacial score (nSPS) is 15.4. The molecule has 0 aliphatic rings. The summed E-state index contributed by atoms with van der Waals surface area (Å²) in [5.74, 6) is -0.829. The van der Waals surface area contributed by atoms with E-state index < -0.39 is 16.9 Å². The third kappa shape index (κ3) is 3.19. The van der Waals surface area contributed by atoms with E-state index in [0.29, 0.717) is 0 Å². The van der Waals surface area contributed by atoms with E-state index in [1.54, 1.807) is 0 Å². The molecule has 1 aromatic carbocycles. The number of carbonyl (C=O) groups is 1. The molecule has 4 heteroatoms. The van der Waals surface area contributed by atoms with Crippen molar-refractivity contribution in [3.63, 3.8) is 0 Å². The van der Waals surface area contributed by atoms with E-state index >= 15 is 0 Å². The number of aliphatic carboxylic acids is 1. The van der Waals surface area contributed by atoms with Gasteiger partial charge in [0.25, 0.3) is 0 Å². The number of benzene rings is 1. The maximum Gasteiger partial charge on any atom is 0.304 e. The Kier molecular flexibility index (Phi) is 4.19. The Morgan fingerprint density at radius 1 is 1.29 bits per heavy atom. The average Bonchev–Trinajstić information content (AvgIpc) is 2.15. The highest BCUT2D eigenvalue weighted by molar-refractivity contribution is 14.1. The lowest BCUT2D eigenvalue weighted by Gasteiger charge is -2.41. The van der Waals surface area contributed by atoms with Crippen molar-refractivity contribution in [1.29, 1.82) is 0 Å². The Hall–Kier alpha value is -0.620. The molecule has 3 nitrogen and oxygen atoms in total. The summed E-state index contributed by atoms with van der Waals surface area (Å²) < 4.78 is 1.12. The van der Waals surface area contributed by atoms with Crippen molar-refractivity contribution in [2.24, 2.45) is 5.73 Å². The van der Waals surface area contributed by atoms with Crippen molar-refractivity contribution in [2.75, 3.05) is 0 Å². The van der Waals surface area contributed by atoms with Gasteiger partial charge in [0.1, 0.15) is 0 Å². The van der Waals surface area contributed by atoms with Gasteiger partial charge in [-0.2, -0.15) is 0 Å². The van der Waals surface area contributed by atoms with Gasteiger partial charge in [0, 0.05) is 14.5 Å². The van der Waals surface area contributed by atoms with Crippen LogP contribution in [0.5, 0.6) is 0 Å². The van der Waals surface area contributed by atoms with E-state index in [9.17, 15) is 4.79 Å². The first-order valence-electron chi connectivity index (χ1n) is 5.43. The van der Waals surface area contributed by atoms with Gasteiger partial charge in [-0.25, -0.2) is 0 Å². The van der Waals surface area contributed by atoms with Crippen molar-refractivity contribution in [3.05, 3.63) is 33.4 Å². The Bertz CT molecular complexity index is 408. The largest absolute Gasteiger partial charge is 0.481 e. The molecule has 0 heterocycles. The van der Waals surface area contributed by atoms with Crippen molar-refractivity contribution in [3.8, 4) is 0 Å². The third-order valence-electron chi connectivity index (χ3n) is 3.41. The Morgan fingerprint density at radius 3 is 2.12 bits per heavy atom. The van der Waals surface area contributed by atoms with Gasteiger partial charge >= 0.3 is 5.97 Å². The van der Waals surface area contributed by atoms with Gasteiger partial charge in [0.2, 0.25) is 0 Å². The van der Waals surface area contributed by atoms with Crippen LogP contribution in [0.4, 0.5) is 0 Å². The average molecular weight is 347 g/mol. The van der Waals surface area contributed by atoms with Crippen LogP contribution in [0, 0.1) is 3.57 Å². The van der Waals surface area contributed by atoms with Crippen LogP contribution in [0.1, 0.15) is 32.8 Å². The van der Waals surface area contributed by atoms with Crippen LogP contribution >= 0.6 is 22.6 Å². The highest BCUT2D eigenvalue weighted by Crippen LogP contribution is 2.37. The number of halogens is 1. The highest BCUT2D eigenvalue weighted by Gasteiger charge is 2.41. The highest BCUT2D eigenvalue weighted by atomic mass is 127. The smallest absolute Gasteiger partial charge is 0.304 e. The fourth-order valence-electron chi connectivity index (χ4n) is 1.82. The Morgan fingerprint density at radius 2 is 1.76 bits per heavy atom. The molecule has 0 bridgehead atoms. The summed E-state index contributed by atoms with van der Waals surface area (Å²) in [4.78, 5) is 11.0. The zero-order valence-corrected chi connectivity index (χ0v) is 12.5. The third-order valence-corrected chi connectivity index (χ3v) is 4.13. The molecule has 0 aliphatic heterocycles. The summed E-state index contributed by atoms with van der Waals surface area (Å²) in [5.41, 5.74) is 5.95. The van der Waals surface area contributed by atoms with Gasteiger partial charge < -0.3 is 10.8 Å². The maximum atomic E-state index is 11.0. The van der Waals surface area contributed by atoms with Gasteiger partial charge in [-0.3, -0.25) is 4.79 Å². The van der Waals surface area contributed by atoms with Crippen molar-refractivity contribution in [2.45, 2.75) is 38.1 Å². The number of carboxylic acids is 1. The van der Waals surface area contributed by atoms with Gasteiger partial charge in [-0.1, -0.05) is 19.1 Å². The van der Waals surface area contributed by atoms with E-state index in [1.807, 2.05) is 45.0 Å². The maximum absolute atomic E-state index is 11.0. The molecule has 0 aromatic heterocycles. The van der Waals surface area contributed by atoms with Crippen LogP contribution in [0.2, 0.25) is 0 Å². The number of hydrogen-bond donors (Lipinski definition) is 2. The fraction of sp³-hybridized carbons (Fsp3) is 0.462. The molecule has 1 rings (SSSR count). The van der Waals surface area contributed by atoms with E-state index in [2.05, 4.69) is 22.6 Å². The number of nitrogens with two attached hydrogens (primary N) is 1. The van der Waals surface area contributed by atoms with Crippen molar-refractivity contribution >= 4 is 28.6 Å². The summed E-state index contributed by atoms with van der Waals surface area (Å²) in [6.07, 6.45) is 0.0249. The molecule has 1 aromatic rings. The molecule has 0 aliphatic carbocycles. The second kappa shape index (κ2) is 4.94. The van der Waals surface area contributed by atoms with Crippen LogP contribution in [-0.2, 0) is 10.2 Å². The van der Waals surface area contributed by atoms with Crippen LogP contribution in [0.15, 0.2) is 24.3 Å². The van der Waals surface area contributed by atoms with E-state index in [0.717, 1.165) is 9.13 Å². The topological polar surface area (TPSA) is 63.3 Å². The minimum Gasteiger partial charge on any atom is -0.481 e. The molecule has 0 radical (unpaired) electrons. The monoisotopic (exact) mass is 347 g/mol. The minimum absolute atomic E-state index is 0.0249. The predicted octanol–water partition coefficient (Wildman–Crippen LogP) is 2.76. The molecule has 0 spiro atoms. The quantitative estimate of drug-likeness (QED) is 0.824. The molecule has 3 N–H and O–H groups in total. The Balaban J connectivity index is 3.24. The molecule has 17 heavy (non-hydrogen) atoms. The van der Waals surface area contributed by atoms with E-state index in [-0.39, 0.29) is 6.42 Å². The summed E-state index contributed by atoms with van der Waals surface area (Å²) in [7, 11) is 0. The number of hydrogen-bond acceptors (Lipinski definition) is 2. The van der Waals surface area contributed by atoms with Crippen LogP contribution < -0.4 is 5.73 Å². The first-order valence-corrected chi connectivity index (χ1v) is 6.51. The fourth-order valence-corrected chi connectivity index (χ4v) is 2.18. The van der Waals surface area contributed by atoms with E-state index in [1.165, 1.54) is 0 Å². The summed E-state index contributed by atoms with van der Waals surface area (Å²) >= 11 is 2.22. The molecular weight excluding hydrogens is 329 g/mol. The van der Waals surface area contributed by atoms with Crippen LogP contribution in [0.25, 0.3) is 0 Å². The van der Waals surface area contributed by atoms with Crippen LogP contribution in [0.3, 0.4) is 0 Å². The van der Waals surface area contributed by atoms with E-state index in [4.69, 9.17) is 10.8 Å².